The molecule has 1 N–H and O–H groups in total. The van der Waals surface area contributed by atoms with Gasteiger partial charge in [0.25, 0.3) is 0 Å². The first-order valence-corrected chi connectivity index (χ1v) is 6.74. The van der Waals surface area contributed by atoms with Gasteiger partial charge < -0.3 is 10.1 Å². The summed E-state index contributed by atoms with van der Waals surface area (Å²) in [6.45, 7) is 3.95. The molecule has 17 heavy (non-hydrogen) atoms. The lowest BCUT2D eigenvalue weighted by Crippen LogP contribution is -2.36. The topological polar surface area (TPSA) is 21.3 Å². The maximum atomic E-state index is 5.68. The lowest BCUT2D eigenvalue weighted by atomic mass is 9.98. The second-order valence-electron chi connectivity index (χ2n) is 5.55. The molecule has 1 fully saturated rings. The third-order valence-electron chi connectivity index (χ3n) is 4.10. The van der Waals surface area contributed by atoms with Crippen molar-refractivity contribution in [3.05, 3.63) is 35.4 Å². The molecule has 0 aromatic heterocycles. The Bertz CT molecular complexity index is 390. The number of fused-ring (bicyclic) bond motifs is 1. The fraction of sp³-hybridized carbons (Fsp3) is 0.600. The molecule has 1 aromatic carbocycles. The monoisotopic (exact) mass is 231 g/mol. The van der Waals surface area contributed by atoms with Crippen molar-refractivity contribution in [2.24, 2.45) is 5.92 Å². The van der Waals surface area contributed by atoms with Gasteiger partial charge in [0.2, 0.25) is 0 Å². The van der Waals surface area contributed by atoms with E-state index in [1.165, 1.54) is 30.4 Å². The van der Waals surface area contributed by atoms with E-state index in [-0.39, 0.29) is 0 Å². The number of ether oxygens (including phenoxy) is 1. The Morgan fingerprint density at radius 2 is 2.12 bits per heavy atom. The largest absolute Gasteiger partial charge is 0.375 e. The standard InChI is InChI=1S/C15H21NO/c1-11-6-7-13(8-11)16-15-10-17-9-12-4-2-3-5-14(12)15/h2-5,11,13,15-16H,6-10H2,1H3. The molecule has 3 atom stereocenters. The maximum Gasteiger partial charge on any atom is 0.0721 e. The van der Waals surface area contributed by atoms with Crippen LogP contribution in [-0.4, -0.2) is 12.6 Å². The minimum Gasteiger partial charge on any atom is -0.375 e. The molecule has 0 saturated heterocycles. The van der Waals surface area contributed by atoms with Crippen molar-refractivity contribution in [2.75, 3.05) is 6.61 Å². The third-order valence-corrected chi connectivity index (χ3v) is 4.10. The molecule has 1 aliphatic carbocycles. The fourth-order valence-electron chi connectivity index (χ4n) is 3.16. The molecule has 1 aliphatic heterocycles. The van der Waals surface area contributed by atoms with Crippen LogP contribution in [-0.2, 0) is 11.3 Å². The zero-order valence-corrected chi connectivity index (χ0v) is 10.5. The van der Waals surface area contributed by atoms with E-state index in [1.54, 1.807) is 0 Å². The summed E-state index contributed by atoms with van der Waals surface area (Å²) in [5.41, 5.74) is 2.79. The van der Waals surface area contributed by atoms with Crippen LogP contribution in [0.1, 0.15) is 43.4 Å². The highest BCUT2D eigenvalue weighted by Gasteiger charge is 2.26. The van der Waals surface area contributed by atoms with Gasteiger partial charge in [-0.2, -0.15) is 0 Å². The number of rotatable bonds is 2. The zero-order chi connectivity index (χ0) is 11.7. The Labute approximate surface area is 103 Å². The summed E-state index contributed by atoms with van der Waals surface area (Å²) in [5.74, 6) is 0.882. The van der Waals surface area contributed by atoms with E-state index in [0.29, 0.717) is 12.1 Å². The Morgan fingerprint density at radius 3 is 2.94 bits per heavy atom. The molecular weight excluding hydrogens is 210 g/mol. The summed E-state index contributed by atoms with van der Waals surface area (Å²) < 4.78 is 5.68. The Balaban J connectivity index is 1.72. The van der Waals surface area contributed by atoms with Crippen LogP contribution in [0.25, 0.3) is 0 Å². The molecule has 3 rings (SSSR count). The van der Waals surface area contributed by atoms with E-state index >= 15 is 0 Å². The molecule has 2 heteroatoms. The van der Waals surface area contributed by atoms with Crippen molar-refractivity contribution in [1.29, 1.82) is 0 Å². The third kappa shape index (κ3) is 2.38. The minimum absolute atomic E-state index is 0.398. The Hall–Kier alpha value is -0.860. The average Bonchev–Trinajstić information content (AvgIpc) is 2.75. The highest BCUT2D eigenvalue weighted by atomic mass is 16.5. The Kier molecular flexibility index (Phi) is 3.17. The first kappa shape index (κ1) is 11.2. The number of hydrogen-bond donors (Lipinski definition) is 1. The number of hydrogen-bond acceptors (Lipinski definition) is 2. The van der Waals surface area contributed by atoms with Crippen LogP contribution in [0.3, 0.4) is 0 Å². The van der Waals surface area contributed by atoms with E-state index in [1.807, 2.05) is 0 Å². The van der Waals surface area contributed by atoms with Crippen molar-refractivity contribution in [3.63, 3.8) is 0 Å². The van der Waals surface area contributed by atoms with Crippen LogP contribution in [0.5, 0.6) is 0 Å². The molecular formula is C15H21NO. The van der Waals surface area contributed by atoms with Crippen molar-refractivity contribution >= 4 is 0 Å². The first-order chi connectivity index (χ1) is 8.33. The van der Waals surface area contributed by atoms with Crippen molar-refractivity contribution in [3.8, 4) is 0 Å². The molecule has 0 amide bonds. The lowest BCUT2D eigenvalue weighted by molar-refractivity contribution is 0.0785. The smallest absolute Gasteiger partial charge is 0.0721 e. The summed E-state index contributed by atoms with van der Waals surface area (Å²) in [6, 6.07) is 9.74. The van der Waals surface area contributed by atoms with Crippen LogP contribution in [0.2, 0.25) is 0 Å². The number of benzene rings is 1. The molecule has 1 heterocycles. The molecule has 2 nitrogen and oxygen atoms in total. The maximum absolute atomic E-state index is 5.68. The molecule has 1 saturated carbocycles. The van der Waals surface area contributed by atoms with Gasteiger partial charge in [0, 0.05) is 6.04 Å². The number of nitrogens with one attached hydrogen (secondary N) is 1. The van der Waals surface area contributed by atoms with Gasteiger partial charge in [0.05, 0.1) is 19.3 Å². The molecule has 2 aliphatic rings. The first-order valence-electron chi connectivity index (χ1n) is 6.74. The van der Waals surface area contributed by atoms with Gasteiger partial charge in [-0.3, -0.25) is 0 Å². The highest BCUT2D eigenvalue weighted by molar-refractivity contribution is 5.31. The van der Waals surface area contributed by atoms with E-state index in [0.717, 1.165) is 19.1 Å². The van der Waals surface area contributed by atoms with Crippen LogP contribution in [0.4, 0.5) is 0 Å². The molecule has 92 valence electrons. The lowest BCUT2D eigenvalue weighted by Gasteiger charge is -2.29. The van der Waals surface area contributed by atoms with Crippen LogP contribution in [0, 0.1) is 5.92 Å². The molecule has 0 radical (unpaired) electrons. The predicted molar refractivity (Wildman–Crippen MR) is 68.8 cm³/mol. The van der Waals surface area contributed by atoms with Gasteiger partial charge in [-0.1, -0.05) is 31.2 Å². The van der Waals surface area contributed by atoms with Crippen molar-refractivity contribution in [2.45, 2.75) is 44.9 Å². The van der Waals surface area contributed by atoms with Crippen LogP contribution in [0.15, 0.2) is 24.3 Å². The second kappa shape index (κ2) is 4.79. The normalized spacial score (nSPS) is 32.4. The van der Waals surface area contributed by atoms with E-state index < -0.39 is 0 Å². The summed E-state index contributed by atoms with van der Waals surface area (Å²) >= 11 is 0. The van der Waals surface area contributed by atoms with E-state index in [4.69, 9.17) is 4.74 Å². The van der Waals surface area contributed by atoms with Gasteiger partial charge in [-0.05, 0) is 36.3 Å². The van der Waals surface area contributed by atoms with Gasteiger partial charge in [-0.15, -0.1) is 0 Å². The fourth-order valence-corrected chi connectivity index (χ4v) is 3.16. The summed E-state index contributed by atoms with van der Waals surface area (Å²) in [4.78, 5) is 0. The van der Waals surface area contributed by atoms with Gasteiger partial charge in [0.15, 0.2) is 0 Å². The SMILES string of the molecule is CC1CCC(NC2COCc3ccccc32)C1. The summed E-state index contributed by atoms with van der Waals surface area (Å²) in [5, 5.41) is 3.78. The zero-order valence-electron chi connectivity index (χ0n) is 10.5. The van der Waals surface area contributed by atoms with Crippen LogP contribution < -0.4 is 5.32 Å². The summed E-state index contributed by atoms with van der Waals surface area (Å²) in [6.07, 6.45) is 4.01. The van der Waals surface area contributed by atoms with Gasteiger partial charge in [0.1, 0.15) is 0 Å². The minimum atomic E-state index is 0.398. The summed E-state index contributed by atoms with van der Waals surface area (Å²) in [7, 11) is 0. The predicted octanol–water partition coefficient (Wildman–Crippen LogP) is 3.04. The van der Waals surface area contributed by atoms with Crippen LogP contribution >= 0.6 is 0 Å². The molecule has 1 aromatic rings. The van der Waals surface area contributed by atoms with Crippen molar-refractivity contribution in [1.82, 2.24) is 5.32 Å². The van der Waals surface area contributed by atoms with Gasteiger partial charge >= 0.3 is 0 Å². The van der Waals surface area contributed by atoms with E-state index in [2.05, 4.69) is 36.5 Å². The van der Waals surface area contributed by atoms with E-state index in [9.17, 15) is 0 Å². The quantitative estimate of drug-likeness (QED) is 0.844. The molecule has 3 unspecified atom stereocenters. The Morgan fingerprint density at radius 1 is 1.24 bits per heavy atom. The second-order valence-corrected chi connectivity index (χ2v) is 5.55. The van der Waals surface area contributed by atoms with Gasteiger partial charge in [-0.25, -0.2) is 0 Å². The average molecular weight is 231 g/mol. The molecule has 0 spiro atoms. The highest BCUT2D eigenvalue weighted by Crippen LogP contribution is 2.30. The van der Waals surface area contributed by atoms with Crippen molar-refractivity contribution < 1.29 is 4.74 Å². The molecule has 0 bridgehead atoms.